The van der Waals surface area contributed by atoms with E-state index in [1.54, 1.807) is 13.0 Å². The first-order valence-corrected chi connectivity index (χ1v) is 10.9. The molecule has 152 valence electrons. The summed E-state index contributed by atoms with van der Waals surface area (Å²) in [6.45, 7) is 5.65. The van der Waals surface area contributed by atoms with E-state index < -0.39 is 16.0 Å². The van der Waals surface area contributed by atoms with Gasteiger partial charge in [-0.2, -0.15) is 0 Å². The van der Waals surface area contributed by atoms with Gasteiger partial charge in [0.25, 0.3) is 0 Å². The number of sulfonamides is 1. The second-order valence-electron chi connectivity index (χ2n) is 6.30. The first-order chi connectivity index (χ1) is 13.1. The number of hydrogen-bond acceptors (Lipinski definition) is 7. The van der Waals surface area contributed by atoms with Gasteiger partial charge >= 0.3 is 5.97 Å². The summed E-state index contributed by atoms with van der Waals surface area (Å²) in [5.41, 5.74) is 1.52. The number of rotatable bonds is 8. The molecule has 0 atom stereocenters. The lowest BCUT2D eigenvalue weighted by atomic mass is 10.1. The molecule has 2 rings (SSSR count). The first-order valence-electron chi connectivity index (χ1n) is 8.66. The zero-order valence-electron chi connectivity index (χ0n) is 16.5. The molecule has 0 fully saturated rings. The van der Waals surface area contributed by atoms with Crippen molar-refractivity contribution >= 4 is 38.1 Å². The van der Waals surface area contributed by atoms with Crippen LogP contribution in [0.3, 0.4) is 0 Å². The minimum absolute atomic E-state index is 0.0541. The third kappa shape index (κ3) is 4.60. The smallest absolute Gasteiger partial charge is 0.341 e. The number of benzene rings is 1. The maximum atomic E-state index is 12.6. The highest BCUT2D eigenvalue weighted by Crippen LogP contribution is 2.33. The summed E-state index contributed by atoms with van der Waals surface area (Å²) in [5, 5.41) is 3.57. The molecule has 1 N–H and O–H groups in total. The quantitative estimate of drug-likeness (QED) is 0.517. The van der Waals surface area contributed by atoms with Gasteiger partial charge in [0.05, 0.1) is 23.6 Å². The molecule has 0 saturated carbocycles. The first kappa shape index (κ1) is 22.1. The van der Waals surface area contributed by atoms with E-state index in [1.807, 2.05) is 13.8 Å². The SMILES string of the molecule is CCOC(=O)c1c(NCC(=O)c2cccc(S(=O)(=O)N(C)C)c2)sc(C)c1C. The van der Waals surface area contributed by atoms with Crippen LogP contribution in [0.4, 0.5) is 5.00 Å². The predicted molar refractivity (Wildman–Crippen MR) is 110 cm³/mol. The van der Waals surface area contributed by atoms with Crippen LogP contribution in [-0.4, -0.2) is 51.7 Å². The fraction of sp³-hybridized carbons (Fsp3) is 0.368. The Bertz CT molecular complexity index is 994. The zero-order chi connectivity index (χ0) is 21.1. The van der Waals surface area contributed by atoms with Gasteiger partial charge in [-0.25, -0.2) is 17.5 Å². The van der Waals surface area contributed by atoms with Crippen LogP contribution in [0, 0.1) is 13.8 Å². The molecular weight excluding hydrogens is 400 g/mol. The Hall–Kier alpha value is -2.23. The van der Waals surface area contributed by atoms with Crippen molar-refractivity contribution in [2.75, 3.05) is 32.6 Å². The highest BCUT2D eigenvalue weighted by molar-refractivity contribution is 7.89. The molecule has 1 heterocycles. The van der Waals surface area contributed by atoms with Crippen LogP contribution in [-0.2, 0) is 14.8 Å². The largest absolute Gasteiger partial charge is 0.462 e. The number of carbonyl (C=O) groups excluding carboxylic acids is 2. The van der Waals surface area contributed by atoms with Crippen LogP contribution in [0.5, 0.6) is 0 Å². The van der Waals surface area contributed by atoms with Crippen molar-refractivity contribution < 1.29 is 22.7 Å². The molecule has 0 spiro atoms. The van der Waals surface area contributed by atoms with Gasteiger partial charge in [0.2, 0.25) is 10.0 Å². The predicted octanol–water partition coefficient (Wildman–Crippen LogP) is 3.09. The van der Waals surface area contributed by atoms with Gasteiger partial charge in [0.1, 0.15) is 5.00 Å². The van der Waals surface area contributed by atoms with Gasteiger partial charge in [-0.3, -0.25) is 4.79 Å². The normalized spacial score (nSPS) is 11.5. The molecule has 9 heteroatoms. The Labute approximate surface area is 169 Å². The molecule has 1 aromatic carbocycles. The van der Waals surface area contributed by atoms with Crippen molar-refractivity contribution in [1.29, 1.82) is 0 Å². The van der Waals surface area contributed by atoms with E-state index in [0.717, 1.165) is 14.7 Å². The lowest BCUT2D eigenvalue weighted by molar-refractivity contribution is 0.0527. The number of nitrogens with zero attached hydrogens (tertiary/aromatic N) is 1. The van der Waals surface area contributed by atoms with Crippen LogP contribution >= 0.6 is 11.3 Å². The van der Waals surface area contributed by atoms with E-state index in [9.17, 15) is 18.0 Å². The number of Topliss-reactive ketones (excluding diaryl/α,β-unsaturated/α-hetero) is 1. The summed E-state index contributed by atoms with van der Waals surface area (Å²) >= 11 is 1.38. The van der Waals surface area contributed by atoms with E-state index in [4.69, 9.17) is 4.74 Å². The Kier molecular flexibility index (Phi) is 6.97. The Balaban J connectivity index is 2.22. The minimum atomic E-state index is -3.63. The Morgan fingerprint density at radius 1 is 1.21 bits per heavy atom. The standard InChI is InChI=1S/C19H24N2O5S2/c1-6-26-19(23)17-12(2)13(3)27-18(17)20-11-16(22)14-8-7-9-15(10-14)28(24,25)21(4)5/h7-10,20H,6,11H2,1-5H3. The van der Waals surface area contributed by atoms with Crippen molar-refractivity contribution in [3.8, 4) is 0 Å². The van der Waals surface area contributed by atoms with Crippen LogP contribution in [0.15, 0.2) is 29.2 Å². The average Bonchev–Trinajstić information content (AvgIpc) is 2.94. The minimum Gasteiger partial charge on any atom is -0.462 e. The number of nitrogens with one attached hydrogen (secondary N) is 1. The summed E-state index contributed by atoms with van der Waals surface area (Å²) in [6, 6.07) is 5.91. The zero-order valence-corrected chi connectivity index (χ0v) is 18.2. The van der Waals surface area contributed by atoms with E-state index in [0.29, 0.717) is 10.6 Å². The number of thiophene rings is 1. The van der Waals surface area contributed by atoms with Crippen molar-refractivity contribution in [3.05, 3.63) is 45.8 Å². The third-order valence-corrected chi connectivity index (χ3v) is 7.19. The molecule has 0 aliphatic carbocycles. The molecule has 0 bridgehead atoms. The Morgan fingerprint density at radius 2 is 1.89 bits per heavy atom. The van der Waals surface area contributed by atoms with Gasteiger partial charge < -0.3 is 10.1 Å². The van der Waals surface area contributed by atoms with Gasteiger partial charge in [0.15, 0.2) is 5.78 Å². The molecule has 7 nitrogen and oxygen atoms in total. The molecule has 0 aliphatic heterocycles. The molecule has 1 aromatic heterocycles. The second-order valence-corrected chi connectivity index (χ2v) is 9.68. The molecule has 0 saturated heterocycles. The number of esters is 1. The van der Waals surface area contributed by atoms with E-state index in [-0.39, 0.29) is 29.4 Å². The van der Waals surface area contributed by atoms with Crippen molar-refractivity contribution in [2.45, 2.75) is 25.7 Å². The molecular formula is C19H24N2O5S2. The number of ketones is 1. The number of hydrogen-bond donors (Lipinski definition) is 1. The maximum absolute atomic E-state index is 12.6. The van der Waals surface area contributed by atoms with Gasteiger partial charge in [-0.15, -0.1) is 11.3 Å². The highest BCUT2D eigenvalue weighted by atomic mass is 32.2. The maximum Gasteiger partial charge on any atom is 0.341 e. The second kappa shape index (κ2) is 8.85. The monoisotopic (exact) mass is 424 g/mol. The molecule has 28 heavy (non-hydrogen) atoms. The highest BCUT2D eigenvalue weighted by Gasteiger charge is 2.22. The van der Waals surface area contributed by atoms with Crippen molar-refractivity contribution in [3.63, 3.8) is 0 Å². The van der Waals surface area contributed by atoms with Crippen molar-refractivity contribution in [2.24, 2.45) is 0 Å². The third-order valence-electron chi connectivity index (χ3n) is 4.21. The van der Waals surface area contributed by atoms with Crippen LogP contribution in [0.25, 0.3) is 0 Å². The Morgan fingerprint density at radius 3 is 2.50 bits per heavy atom. The molecule has 0 radical (unpaired) electrons. The summed E-state index contributed by atoms with van der Waals surface area (Å²) < 4.78 is 30.7. The van der Waals surface area contributed by atoms with Crippen LogP contribution in [0.2, 0.25) is 0 Å². The number of anilines is 1. The van der Waals surface area contributed by atoms with Crippen LogP contribution < -0.4 is 5.32 Å². The number of ether oxygens (including phenoxy) is 1. The summed E-state index contributed by atoms with van der Waals surface area (Å²) in [7, 11) is -0.756. The van der Waals surface area contributed by atoms with Gasteiger partial charge in [-0.05, 0) is 38.5 Å². The van der Waals surface area contributed by atoms with Gasteiger partial charge in [-0.1, -0.05) is 12.1 Å². The van der Waals surface area contributed by atoms with E-state index in [2.05, 4.69) is 5.32 Å². The number of carbonyl (C=O) groups is 2. The lowest BCUT2D eigenvalue weighted by Crippen LogP contribution is -2.23. The fourth-order valence-electron chi connectivity index (χ4n) is 2.50. The molecule has 0 amide bonds. The van der Waals surface area contributed by atoms with Crippen LogP contribution in [0.1, 0.15) is 38.1 Å². The van der Waals surface area contributed by atoms with Gasteiger partial charge in [0, 0.05) is 24.5 Å². The van der Waals surface area contributed by atoms with Crippen molar-refractivity contribution in [1.82, 2.24) is 4.31 Å². The summed E-state index contributed by atoms with van der Waals surface area (Å²) in [6.07, 6.45) is 0. The topological polar surface area (TPSA) is 92.8 Å². The molecule has 0 unspecified atom stereocenters. The van der Waals surface area contributed by atoms with E-state index in [1.165, 1.54) is 43.6 Å². The fourth-order valence-corrected chi connectivity index (χ4v) is 4.50. The summed E-state index contributed by atoms with van der Waals surface area (Å²) in [4.78, 5) is 25.8. The summed E-state index contributed by atoms with van der Waals surface area (Å²) in [5.74, 6) is -0.715. The lowest BCUT2D eigenvalue weighted by Gasteiger charge is -2.12. The van der Waals surface area contributed by atoms with E-state index >= 15 is 0 Å². The average molecular weight is 425 g/mol. The molecule has 2 aromatic rings. The number of aryl methyl sites for hydroxylation is 1. The molecule has 0 aliphatic rings.